The fourth-order valence-corrected chi connectivity index (χ4v) is 2.22. The lowest BCUT2D eigenvalue weighted by Crippen LogP contribution is -2.09. The normalized spacial score (nSPS) is 14.5. The fourth-order valence-electron chi connectivity index (χ4n) is 2.22. The van der Waals surface area contributed by atoms with Crippen LogP contribution in [0.15, 0.2) is 42.5 Å². The second-order valence-corrected chi connectivity index (χ2v) is 5.11. The van der Waals surface area contributed by atoms with Crippen molar-refractivity contribution >= 4 is 5.78 Å². The predicted molar refractivity (Wildman–Crippen MR) is 77.9 cm³/mol. The number of ketones is 1. The number of ether oxygens (including phenoxy) is 2. The first-order valence-corrected chi connectivity index (χ1v) is 6.81. The second kappa shape index (κ2) is 5.58. The maximum atomic E-state index is 11.4. The number of hydrogen-bond acceptors (Lipinski definition) is 4. The highest BCUT2D eigenvalue weighted by atomic mass is 16.5. The molecule has 0 amide bonds. The van der Waals surface area contributed by atoms with Crippen molar-refractivity contribution in [1.29, 1.82) is 0 Å². The Morgan fingerprint density at radius 3 is 2.76 bits per heavy atom. The monoisotopic (exact) mass is 284 g/mol. The van der Waals surface area contributed by atoms with E-state index in [1.54, 1.807) is 18.2 Å². The smallest absolute Gasteiger partial charge is 0.203 e. The van der Waals surface area contributed by atoms with E-state index in [4.69, 9.17) is 9.47 Å². The van der Waals surface area contributed by atoms with Gasteiger partial charge in [0.1, 0.15) is 24.2 Å². The topological polar surface area (TPSA) is 55.8 Å². The summed E-state index contributed by atoms with van der Waals surface area (Å²) in [6, 6.07) is 12.8. The first-order chi connectivity index (χ1) is 10.1. The van der Waals surface area contributed by atoms with E-state index in [-0.39, 0.29) is 19.0 Å². The Kier molecular flexibility index (Phi) is 3.62. The lowest BCUT2D eigenvalue weighted by Gasteiger charge is -2.13. The Balaban J connectivity index is 1.65. The Hall–Kier alpha value is -2.33. The average molecular weight is 284 g/mol. The molecule has 0 aliphatic carbocycles. The molecule has 2 aromatic carbocycles. The summed E-state index contributed by atoms with van der Waals surface area (Å²) in [5.41, 5.74) is 2.54. The molecule has 4 nitrogen and oxygen atoms in total. The molecule has 21 heavy (non-hydrogen) atoms. The largest absolute Gasteiger partial charge is 0.490 e. The quantitative estimate of drug-likeness (QED) is 0.938. The highest BCUT2D eigenvalue weighted by Gasteiger charge is 2.21. The van der Waals surface area contributed by atoms with Crippen LogP contribution in [0.2, 0.25) is 0 Å². The molecule has 0 saturated carbocycles. The third kappa shape index (κ3) is 2.90. The molecule has 0 aromatic heterocycles. The van der Waals surface area contributed by atoms with Gasteiger partial charge in [0.15, 0.2) is 6.61 Å². The van der Waals surface area contributed by atoms with Crippen LogP contribution >= 0.6 is 0 Å². The number of fused-ring (bicyclic) bond motifs is 1. The van der Waals surface area contributed by atoms with Crippen LogP contribution in [0.5, 0.6) is 11.5 Å². The zero-order chi connectivity index (χ0) is 14.8. The van der Waals surface area contributed by atoms with Crippen molar-refractivity contribution in [3.8, 4) is 11.5 Å². The molecule has 1 heterocycles. The van der Waals surface area contributed by atoms with E-state index in [0.717, 1.165) is 11.1 Å². The molecular formula is C17H16O4. The first-order valence-electron chi connectivity index (χ1n) is 6.81. The van der Waals surface area contributed by atoms with Crippen LogP contribution in [-0.2, 0) is 0 Å². The summed E-state index contributed by atoms with van der Waals surface area (Å²) < 4.78 is 10.8. The van der Waals surface area contributed by atoms with Gasteiger partial charge in [0.2, 0.25) is 5.78 Å². The van der Waals surface area contributed by atoms with Crippen molar-refractivity contribution in [1.82, 2.24) is 0 Å². The number of Topliss-reactive ketones (excluding diaryl/α,β-unsaturated/α-hetero) is 1. The maximum Gasteiger partial charge on any atom is 0.203 e. The van der Waals surface area contributed by atoms with Gasteiger partial charge in [-0.3, -0.25) is 4.79 Å². The lowest BCUT2D eigenvalue weighted by molar-refractivity contribution is 0.0961. The van der Waals surface area contributed by atoms with E-state index in [1.165, 1.54) is 0 Å². The van der Waals surface area contributed by atoms with Gasteiger partial charge < -0.3 is 14.6 Å². The number of rotatable bonds is 4. The summed E-state index contributed by atoms with van der Waals surface area (Å²) in [5.74, 6) is 1.10. The number of aliphatic hydroxyl groups is 1. The molecule has 1 aliphatic heterocycles. The molecule has 0 fully saturated rings. The van der Waals surface area contributed by atoms with E-state index in [9.17, 15) is 9.90 Å². The average Bonchev–Trinajstić information content (AvgIpc) is 2.86. The molecule has 0 bridgehead atoms. The van der Waals surface area contributed by atoms with Crippen LogP contribution < -0.4 is 9.47 Å². The molecule has 0 spiro atoms. The molecule has 0 saturated heterocycles. The van der Waals surface area contributed by atoms with Crippen LogP contribution in [0.3, 0.4) is 0 Å². The van der Waals surface area contributed by atoms with Gasteiger partial charge in [-0.05, 0) is 24.6 Å². The minimum Gasteiger partial charge on any atom is -0.490 e. The maximum absolute atomic E-state index is 11.4. The van der Waals surface area contributed by atoms with Gasteiger partial charge in [-0.25, -0.2) is 0 Å². The summed E-state index contributed by atoms with van der Waals surface area (Å²) in [6.07, 6.45) is -0.693. The molecule has 1 N–H and O–H groups in total. The molecule has 1 atom stereocenters. The zero-order valence-corrected chi connectivity index (χ0v) is 11.7. The Bertz CT molecular complexity index is 661. The van der Waals surface area contributed by atoms with Crippen LogP contribution in [0.1, 0.15) is 27.6 Å². The van der Waals surface area contributed by atoms with E-state index < -0.39 is 6.10 Å². The second-order valence-electron chi connectivity index (χ2n) is 5.11. The molecule has 0 radical (unpaired) electrons. The SMILES string of the molecule is Cc1ccc(C(O)COc2ccc3c(c2)OCC3=O)cc1. The van der Waals surface area contributed by atoms with Gasteiger partial charge in [-0.15, -0.1) is 0 Å². The van der Waals surface area contributed by atoms with E-state index in [0.29, 0.717) is 17.1 Å². The van der Waals surface area contributed by atoms with Gasteiger partial charge in [0.25, 0.3) is 0 Å². The number of carbonyl (C=O) groups excluding carboxylic acids is 1. The lowest BCUT2D eigenvalue weighted by atomic mass is 10.1. The van der Waals surface area contributed by atoms with Gasteiger partial charge >= 0.3 is 0 Å². The summed E-state index contributed by atoms with van der Waals surface area (Å²) in [6.45, 7) is 2.24. The van der Waals surface area contributed by atoms with Crippen LogP contribution in [0.4, 0.5) is 0 Å². The van der Waals surface area contributed by atoms with Gasteiger partial charge in [0.05, 0.1) is 5.56 Å². The van der Waals surface area contributed by atoms with Crippen LogP contribution in [0, 0.1) is 6.92 Å². The van der Waals surface area contributed by atoms with E-state index >= 15 is 0 Å². The van der Waals surface area contributed by atoms with E-state index in [1.807, 2.05) is 31.2 Å². The molecule has 2 aromatic rings. The Morgan fingerprint density at radius 2 is 2.00 bits per heavy atom. The predicted octanol–water partition coefficient (Wildman–Crippen LogP) is 2.68. The molecular weight excluding hydrogens is 268 g/mol. The third-order valence-electron chi connectivity index (χ3n) is 3.48. The number of carbonyl (C=O) groups is 1. The third-order valence-corrected chi connectivity index (χ3v) is 3.48. The minimum absolute atomic E-state index is 0.0174. The number of benzene rings is 2. The minimum atomic E-state index is -0.693. The van der Waals surface area contributed by atoms with Crippen molar-refractivity contribution < 1.29 is 19.4 Å². The number of hydrogen-bond donors (Lipinski definition) is 1. The molecule has 1 aliphatic rings. The summed E-state index contributed by atoms with van der Waals surface area (Å²) in [5, 5.41) is 10.1. The highest BCUT2D eigenvalue weighted by molar-refractivity contribution is 6.02. The van der Waals surface area contributed by atoms with Crippen LogP contribution in [-0.4, -0.2) is 24.1 Å². The number of aryl methyl sites for hydroxylation is 1. The summed E-state index contributed by atoms with van der Waals surface area (Å²) in [7, 11) is 0. The highest BCUT2D eigenvalue weighted by Crippen LogP contribution is 2.30. The van der Waals surface area contributed by atoms with Crippen LogP contribution in [0.25, 0.3) is 0 Å². The molecule has 108 valence electrons. The van der Waals surface area contributed by atoms with Gasteiger partial charge in [-0.1, -0.05) is 29.8 Å². The van der Waals surface area contributed by atoms with Gasteiger partial charge in [-0.2, -0.15) is 0 Å². The van der Waals surface area contributed by atoms with Crippen molar-refractivity contribution in [2.45, 2.75) is 13.0 Å². The van der Waals surface area contributed by atoms with E-state index in [2.05, 4.69) is 0 Å². The first kappa shape index (κ1) is 13.6. The summed E-state index contributed by atoms with van der Waals surface area (Å²) in [4.78, 5) is 11.4. The zero-order valence-electron chi connectivity index (χ0n) is 11.7. The Labute approximate surface area is 122 Å². The van der Waals surface area contributed by atoms with Crippen molar-refractivity contribution in [2.24, 2.45) is 0 Å². The molecule has 1 unspecified atom stereocenters. The number of aliphatic hydroxyl groups excluding tert-OH is 1. The van der Waals surface area contributed by atoms with Crippen molar-refractivity contribution in [2.75, 3.05) is 13.2 Å². The van der Waals surface area contributed by atoms with Crippen molar-refractivity contribution in [3.63, 3.8) is 0 Å². The molecule has 4 heteroatoms. The fraction of sp³-hybridized carbons (Fsp3) is 0.235. The van der Waals surface area contributed by atoms with Gasteiger partial charge in [0, 0.05) is 6.07 Å². The molecule has 3 rings (SSSR count). The Morgan fingerprint density at radius 1 is 1.24 bits per heavy atom. The van der Waals surface area contributed by atoms with Crippen molar-refractivity contribution in [3.05, 3.63) is 59.2 Å². The standard InChI is InChI=1S/C17H16O4/c1-11-2-4-12(5-3-11)15(18)9-20-13-6-7-14-16(19)10-21-17(14)8-13/h2-8,15,18H,9-10H2,1H3. The summed E-state index contributed by atoms with van der Waals surface area (Å²) >= 11 is 0.